The van der Waals surface area contributed by atoms with Crippen molar-refractivity contribution in [1.82, 2.24) is 15.0 Å². The SMILES string of the molecule is COc1ccccc1NC(=O)c1nnn(CC(=O)Nc2cc(F)ccc2F)c1C. The number of anilines is 2. The predicted molar refractivity (Wildman–Crippen MR) is 101 cm³/mol. The quantitative estimate of drug-likeness (QED) is 0.662. The highest BCUT2D eigenvalue weighted by Gasteiger charge is 2.19. The summed E-state index contributed by atoms with van der Waals surface area (Å²) in [5.41, 5.74) is 0.503. The minimum absolute atomic E-state index is 0.0145. The Morgan fingerprint density at radius 3 is 2.62 bits per heavy atom. The maximum Gasteiger partial charge on any atom is 0.278 e. The Morgan fingerprint density at radius 2 is 1.86 bits per heavy atom. The first kappa shape index (κ1) is 19.9. The Hall–Kier alpha value is -3.82. The van der Waals surface area contributed by atoms with Crippen LogP contribution in [-0.4, -0.2) is 33.9 Å². The van der Waals surface area contributed by atoms with Crippen LogP contribution in [0.5, 0.6) is 5.75 Å². The van der Waals surface area contributed by atoms with Crippen molar-refractivity contribution < 1.29 is 23.1 Å². The van der Waals surface area contributed by atoms with Crippen LogP contribution in [0.4, 0.5) is 20.2 Å². The summed E-state index contributed by atoms with van der Waals surface area (Å²) in [6.07, 6.45) is 0. The van der Waals surface area contributed by atoms with Gasteiger partial charge in [0.1, 0.15) is 23.9 Å². The molecule has 0 fully saturated rings. The first-order valence-electron chi connectivity index (χ1n) is 8.48. The van der Waals surface area contributed by atoms with E-state index in [1.54, 1.807) is 31.2 Å². The molecule has 2 amide bonds. The van der Waals surface area contributed by atoms with Crippen LogP contribution in [0.1, 0.15) is 16.2 Å². The zero-order valence-corrected chi connectivity index (χ0v) is 15.6. The van der Waals surface area contributed by atoms with Crippen LogP contribution in [0.25, 0.3) is 0 Å². The lowest BCUT2D eigenvalue weighted by molar-refractivity contribution is -0.117. The molecule has 0 saturated carbocycles. The summed E-state index contributed by atoms with van der Waals surface area (Å²) >= 11 is 0. The first-order chi connectivity index (χ1) is 13.9. The number of halogens is 2. The molecule has 0 aliphatic rings. The van der Waals surface area contributed by atoms with Crippen molar-refractivity contribution in [2.75, 3.05) is 17.7 Å². The van der Waals surface area contributed by atoms with Crippen LogP contribution in [0, 0.1) is 18.6 Å². The lowest BCUT2D eigenvalue weighted by atomic mass is 10.2. The van der Waals surface area contributed by atoms with Crippen molar-refractivity contribution in [3.8, 4) is 5.75 Å². The summed E-state index contributed by atoms with van der Waals surface area (Å²) in [6, 6.07) is 9.57. The molecule has 0 atom stereocenters. The largest absolute Gasteiger partial charge is 0.495 e. The third kappa shape index (κ3) is 4.54. The van der Waals surface area contributed by atoms with E-state index in [9.17, 15) is 18.4 Å². The second-order valence-corrected chi connectivity index (χ2v) is 6.01. The van der Waals surface area contributed by atoms with Crippen LogP contribution in [-0.2, 0) is 11.3 Å². The molecular formula is C19H17F2N5O3. The number of para-hydroxylation sites is 2. The van der Waals surface area contributed by atoms with Gasteiger partial charge < -0.3 is 15.4 Å². The van der Waals surface area contributed by atoms with Gasteiger partial charge in [0.25, 0.3) is 5.91 Å². The number of aromatic nitrogens is 3. The van der Waals surface area contributed by atoms with Gasteiger partial charge in [0, 0.05) is 6.07 Å². The molecule has 0 bridgehead atoms. The normalized spacial score (nSPS) is 10.5. The van der Waals surface area contributed by atoms with E-state index >= 15 is 0 Å². The van der Waals surface area contributed by atoms with Gasteiger partial charge in [-0.05, 0) is 31.2 Å². The Labute approximate surface area is 164 Å². The van der Waals surface area contributed by atoms with Gasteiger partial charge in [-0.3, -0.25) is 9.59 Å². The monoisotopic (exact) mass is 401 g/mol. The van der Waals surface area contributed by atoms with Gasteiger partial charge in [-0.2, -0.15) is 0 Å². The molecule has 0 saturated heterocycles. The number of benzene rings is 2. The molecule has 10 heteroatoms. The summed E-state index contributed by atoms with van der Waals surface area (Å²) < 4.78 is 33.2. The summed E-state index contributed by atoms with van der Waals surface area (Å²) in [7, 11) is 1.48. The molecule has 0 radical (unpaired) electrons. The lowest BCUT2D eigenvalue weighted by Gasteiger charge is -2.09. The third-order valence-corrected chi connectivity index (χ3v) is 4.05. The van der Waals surface area contributed by atoms with Crippen LogP contribution in [0.3, 0.4) is 0 Å². The molecule has 2 aromatic carbocycles. The fraction of sp³-hybridized carbons (Fsp3) is 0.158. The average Bonchev–Trinajstić information content (AvgIpc) is 3.05. The second-order valence-electron chi connectivity index (χ2n) is 6.01. The summed E-state index contributed by atoms with van der Waals surface area (Å²) in [5.74, 6) is -2.17. The van der Waals surface area contributed by atoms with Crippen LogP contribution in [0.2, 0.25) is 0 Å². The molecule has 0 unspecified atom stereocenters. The van der Waals surface area contributed by atoms with E-state index in [0.29, 0.717) is 17.1 Å². The lowest BCUT2D eigenvalue weighted by Crippen LogP contribution is -2.21. The minimum atomic E-state index is -0.771. The molecule has 0 aliphatic heterocycles. The molecule has 2 N–H and O–H groups in total. The fourth-order valence-electron chi connectivity index (χ4n) is 2.57. The van der Waals surface area contributed by atoms with Gasteiger partial charge in [0.2, 0.25) is 5.91 Å². The highest BCUT2D eigenvalue weighted by Crippen LogP contribution is 2.23. The predicted octanol–water partition coefficient (Wildman–Crippen LogP) is 2.76. The molecule has 1 aromatic heterocycles. The second kappa shape index (κ2) is 8.46. The smallest absolute Gasteiger partial charge is 0.278 e. The van der Waals surface area contributed by atoms with Gasteiger partial charge in [0.15, 0.2) is 5.69 Å². The number of ether oxygens (including phenoxy) is 1. The summed E-state index contributed by atoms with van der Waals surface area (Å²) in [4.78, 5) is 24.6. The highest BCUT2D eigenvalue weighted by atomic mass is 19.1. The summed E-state index contributed by atoms with van der Waals surface area (Å²) in [6.45, 7) is 1.23. The maximum absolute atomic E-state index is 13.6. The van der Waals surface area contributed by atoms with Gasteiger partial charge in [0.05, 0.1) is 24.2 Å². The van der Waals surface area contributed by atoms with Crippen molar-refractivity contribution >= 4 is 23.2 Å². The van der Waals surface area contributed by atoms with E-state index in [1.807, 2.05) is 0 Å². The number of carbonyl (C=O) groups excluding carboxylic acids is 2. The van der Waals surface area contributed by atoms with E-state index in [4.69, 9.17) is 4.74 Å². The minimum Gasteiger partial charge on any atom is -0.495 e. The summed E-state index contributed by atoms with van der Waals surface area (Å²) in [5, 5.41) is 12.5. The number of rotatable bonds is 6. The zero-order valence-electron chi connectivity index (χ0n) is 15.6. The number of hydrogen-bond acceptors (Lipinski definition) is 5. The van der Waals surface area contributed by atoms with Gasteiger partial charge in [-0.15, -0.1) is 5.10 Å². The molecule has 1 heterocycles. The zero-order chi connectivity index (χ0) is 21.0. The highest BCUT2D eigenvalue weighted by molar-refractivity contribution is 6.04. The molecule has 3 aromatic rings. The Bertz CT molecular complexity index is 1070. The number of hydrogen-bond donors (Lipinski definition) is 2. The molecule has 150 valence electrons. The molecule has 0 aliphatic carbocycles. The van der Waals surface area contributed by atoms with E-state index < -0.39 is 23.4 Å². The number of methoxy groups -OCH3 is 1. The maximum atomic E-state index is 13.6. The number of amides is 2. The van der Waals surface area contributed by atoms with Crippen molar-refractivity contribution in [3.63, 3.8) is 0 Å². The van der Waals surface area contributed by atoms with Gasteiger partial charge in [-0.1, -0.05) is 17.3 Å². The number of carbonyl (C=O) groups is 2. The molecule has 3 rings (SSSR count). The topological polar surface area (TPSA) is 98.1 Å². The third-order valence-electron chi connectivity index (χ3n) is 4.05. The van der Waals surface area contributed by atoms with Crippen LogP contribution in [0.15, 0.2) is 42.5 Å². The van der Waals surface area contributed by atoms with Crippen molar-refractivity contribution in [3.05, 3.63) is 65.5 Å². The van der Waals surface area contributed by atoms with E-state index in [-0.39, 0.29) is 17.9 Å². The average molecular weight is 401 g/mol. The van der Waals surface area contributed by atoms with Crippen LogP contribution >= 0.6 is 0 Å². The Morgan fingerprint density at radius 1 is 1.10 bits per heavy atom. The molecule has 8 nitrogen and oxygen atoms in total. The van der Waals surface area contributed by atoms with E-state index in [1.165, 1.54) is 11.8 Å². The molecule has 0 spiro atoms. The van der Waals surface area contributed by atoms with Gasteiger partial charge in [-0.25, -0.2) is 13.5 Å². The van der Waals surface area contributed by atoms with E-state index in [0.717, 1.165) is 18.2 Å². The molecule has 29 heavy (non-hydrogen) atoms. The standard InChI is InChI=1S/C19H17F2N5O3/c1-11-18(19(28)23-14-5-3-4-6-16(14)29-2)24-25-26(11)10-17(27)22-15-9-12(20)7-8-13(15)21/h3-9H,10H2,1-2H3,(H,22,27)(H,23,28). The van der Waals surface area contributed by atoms with Gasteiger partial charge >= 0.3 is 0 Å². The number of nitrogens with zero attached hydrogens (tertiary/aromatic N) is 3. The Kier molecular flexibility index (Phi) is 5.82. The van der Waals surface area contributed by atoms with Crippen molar-refractivity contribution in [2.24, 2.45) is 0 Å². The number of nitrogens with one attached hydrogen (secondary N) is 2. The van der Waals surface area contributed by atoms with Crippen LogP contribution < -0.4 is 15.4 Å². The molecular weight excluding hydrogens is 384 g/mol. The Balaban J connectivity index is 1.71. The van der Waals surface area contributed by atoms with E-state index in [2.05, 4.69) is 20.9 Å². The van der Waals surface area contributed by atoms with Crippen molar-refractivity contribution in [2.45, 2.75) is 13.5 Å². The fourth-order valence-corrected chi connectivity index (χ4v) is 2.57. The van der Waals surface area contributed by atoms with Crippen molar-refractivity contribution in [1.29, 1.82) is 0 Å². The first-order valence-corrected chi connectivity index (χ1v) is 8.48.